The van der Waals surface area contributed by atoms with Crippen molar-refractivity contribution < 1.29 is 14.4 Å². The van der Waals surface area contributed by atoms with Crippen LogP contribution in [-0.4, -0.2) is 22.6 Å². The topological polar surface area (TPSA) is 69.6 Å². The minimum absolute atomic E-state index is 0.734. The minimum atomic E-state index is -3.87. The lowest BCUT2D eigenvalue weighted by Crippen LogP contribution is -2.20. The van der Waals surface area contributed by atoms with Crippen LogP contribution in [0.2, 0.25) is 0 Å². The molecule has 0 rings (SSSR count). The summed E-state index contributed by atoms with van der Waals surface area (Å²) in [7, 11) is -2.36. The maximum Gasteiger partial charge on any atom is 0.342 e. The fourth-order valence-corrected chi connectivity index (χ4v) is 0.505. The third kappa shape index (κ3) is 2.43. The molecule has 0 bridgehead atoms. The van der Waals surface area contributed by atoms with Crippen LogP contribution < -0.4 is 5.32 Å². The highest BCUT2D eigenvalue weighted by Gasteiger charge is 2.20. The first-order valence-electron chi connectivity index (χ1n) is 2.21. The molecule has 1 unspecified atom stereocenters. The summed E-state index contributed by atoms with van der Waals surface area (Å²) in [5, 5.41) is 2.44. The van der Waals surface area contributed by atoms with E-state index in [-0.39, 0.29) is 0 Å². The van der Waals surface area contributed by atoms with E-state index in [2.05, 4.69) is 5.32 Å². The van der Waals surface area contributed by atoms with Gasteiger partial charge in [0, 0.05) is 0 Å². The van der Waals surface area contributed by atoms with Crippen molar-refractivity contribution in [1.29, 1.82) is 0 Å². The molecule has 0 fully saturated rings. The van der Waals surface area contributed by atoms with Crippen LogP contribution in [0.5, 0.6) is 0 Å². The molecule has 5 heteroatoms. The van der Waals surface area contributed by atoms with Gasteiger partial charge >= 0.3 is 7.60 Å². The number of hydrogen-bond acceptors (Lipinski definition) is 2. The fourth-order valence-electron chi connectivity index (χ4n) is 0.168. The maximum atomic E-state index is 10.2. The van der Waals surface area contributed by atoms with Crippen LogP contribution in [0.1, 0.15) is 6.92 Å². The smallest absolute Gasteiger partial charge is 0.323 e. The van der Waals surface area contributed by atoms with Crippen molar-refractivity contribution in [3.05, 3.63) is 0 Å². The van der Waals surface area contributed by atoms with Gasteiger partial charge in [-0.2, -0.15) is 0 Å². The maximum absolute atomic E-state index is 10.2. The van der Waals surface area contributed by atoms with E-state index in [9.17, 15) is 4.57 Å². The average molecular weight is 139 g/mol. The molecule has 0 heterocycles. The summed E-state index contributed by atoms with van der Waals surface area (Å²) in [6.07, 6.45) is 0. The van der Waals surface area contributed by atoms with E-state index in [0.717, 1.165) is 0 Å². The second-order valence-corrected chi connectivity index (χ2v) is 3.51. The van der Waals surface area contributed by atoms with Crippen molar-refractivity contribution in [1.82, 2.24) is 5.32 Å². The van der Waals surface area contributed by atoms with Crippen LogP contribution in [-0.2, 0) is 4.57 Å². The SMILES string of the molecule is CNC(C)P(=O)(O)O. The lowest BCUT2D eigenvalue weighted by molar-refractivity contribution is 0.354. The molecule has 1 atom stereocenters. The summed E-state index contributed by atoms with van der Waals surface area (Å²) in [6.45, 7) is 1.43. The van der Waals surface area contributed by atoms with E-state index in [1.807, 2.05) is 0 Å². The van der Waals surface area contributed by atoms with E-state index in [4.69, 9.17) is 9.79 Å². The number of nitrogens with one attached hydrogen (secondary N) is 1. The van der Waals surface area contributed by atoms with E-state index in [0.29, 0.717) is 0 Å². The quantitative estimate of drug-likeness (QED) is 0.460. The Bertz CT molecular complexity index is 109. The Balaban J connectivity index is 3.82. The summed E-state index contributed by atoms with van der Waals surface area (Å²) in [4.78, 5) is 16.7. The molecular formula is C3H10NO3P. The first-order valence-corrected chi connectivity index (χ1v) is 3.89. The van der Waals surface area contributed by atoms with Crippen molar-refractivity contribution in [2.45, 2.75) is 12.7 Å². The second-order valence-electron chi connectivity index (χ2n) is 1.55. The summed E-state index contributed by atoms with van der Waals surface area (Å²) >= 11 is 0. The Kier molecular flexibility index (Phi) is 2.63. The van der Waals surface area contributed by atoms with Gasteiger partial charge in [-0.05, 0) is 14.0 Å². The minimum Gasteiger partial charge on any atom is -0.323 e. The van der Waals surface area contributed by atoms with Crippen LogP contribution in [0.3, 0.4) is 0 Å². The fraction of sp³-hybridized carbons (Fsp3) is 1.00. The molecule has 0 saturated carbocycles. The van der Waals surface area contributed by atoms with E-state index in [1.165, 1.54) is 14.0 Å². The van der Waals surface area contributed by atoms with Crippen LogP contribution in [0.15, 0.2) is 0 Å². The molecule has 0 radical (unpaired) electrons. The average Bonchev–Trinajstić information content (AvgIpc) is 1.62. The standard InChI is InChI=1S/C3H10NO3P/c1-3(4-2)8(5,6)7/h3-4H,1-2H3,(H2,5,6,7). The molecule has 0 aliphatic carbocycles. The lowest BCUT2D eigenvalue weighted by atomic mass is 10.8. The van der Waals surface area contributed by atoms with Crippen molar-refractivity contribution in [2.75, 3.05) is 7.05 Å². The summed E-state index contributed by atoms with van der Waals surface area (Å²) < 4.78 is 10.2. The predicted molar refractivity (Wildman–Crippen MR) is 30.6 cm³/mol. The van der Waals surface area contributed by atoms with Crippen molar-refractivity contribution in [3.8, 4) is 0 Å². The number of hydrogen-bond donors (Lipinski definition) is 3. The van der Waals surface area contributed by atoms with Gasteiger partial charge in [-0.25, -0.2) is 0 Å². The Morgan fingerprint density at radius 3 is 2.00 bits per heavy atom. The normalized spacial score (nSPS) is 16.0. The van der Waals surface area contributed by atoms with Gasteiger partial charge in [-0.15, -0.1) is 0 Å². The molecule has 8 heavy (non-hydrogen) atoms. The summed E-state index contributed by atoms with van der Waals surface area (Å²) in [5.41, 5.74) is 0. The predicted octanol–water partition coefficient (Wildman–Crippen LogP) is -0.271. The zero-order chi connectivity index (χ0) is 6.78. The van der Waals surface area contributed by atoms with Gasteiger partial charge in [0.1, 0.15) is 5.78 Å². The van der Waals surface area contributed by atoms with Crippen molar-refractivity contribution in [3.63, 3.8) is 0 Å². The molecule has 0 saturated heterocycles. The van der Waals surface area contributed by atoms with E-state index >= 15 is 0 Å². The van der Waals surface area contributed by atoms with Gasteiger partial charge in [0.05, 0.1) is 0 Å². The Hall–Kier alpha value is 0.110. The third-order valence-electron chi connectivity index (χ3n) is 0.922. The first-order chi connectivity index (χ1) is 3.48. The molecule has 50 valence electrons. The highest BCUT2D eigenvalue weighted by Crippen LogP contribution is 2.38. The highest BCUT2D eigenvalue weighted by molar-refractivity contribution is 7.52. The van der Waals surface area contributed by atoms with Gasteiger partial charge in [0.25, 0.3) is 0 Å². The molecule has 0 amide bonds. The van der Waals surface area contributed by atoms with Crippen LogP contribution >= 0.6 is 7.60 Å². The third-order valence-corrected chi connectivity index (χ3v) is 2.19. The van der Waals surface area contributed by atoms with Crippen LogP contribution in [0.25, 0.3) is 0 Å². The molecule has 0 aromatic rings. The lowest BCUT2D eigenvalue weighted by Gasteiger charge is -2.10. The van der Waals surface area contributed by atoms with E-state index < -0.39 is 13.4 Å². The van der Waals surface area contributed by atoms with Gasteiger partial charge in [0.15, 0.2) is 0 Å². The summed E-state index contributed by atoms with van der Waals surface area (Å²) in [6, 6.07) is 0. The zero-order valence-corrected chi connectivity index (χ0v) is 5.72. The molecule has 0 aromatic carbocycles. The largest absolute Gasteiger partial charge is 0.342 e. The molecule has 3 N–H and O–H groups in total. The van der Waals surface area contributed by atoms with E-state index in [1.54, 1.807) is 0 Å². The molecule has 4 nitrogen and oxygen atoms in total. The van der Waals surface area contributed by atoms with Crippen LogP contribution in [0.4, 0.5) is 0 Å². The molecule has 0 aliphatic heterocycles. The molecule has 0 spiro atoms. The monoisotopic (exact) mass is 139 g/mol. The highest BCUT2D eigenvalue weighted by atomic mass is 31.2. The molecule has 0 aromatic heterocycles. The second kappa shape index (κ2) is 2.60. The zero-order valence-electron chi connectivity index (χ0n) is 4.83. The Labute approximate surface area is 48.1 Å². The number of rotatable bonds is 2. The Morgan fingerprint density at radius 1 is 1.62 bits per heavy atom. The van der Waals surface area contributed by atoms with Gasteiger partial charge in [-0.3, -0.25) is 4.57 Å². The van der Waals surface area contributed by atoms with Crippen molar-refractivity contribution in [2.24, 2.45) is 0 Å². The van der Waals surface area contributed by atoms with Gasteiger partial charge < -0.3 is 15.1 Å². The van der Waals surface area contributed by atoms with Gasteiger partial charge in [-0.1, -0.05) is 0 Å². The first kappa shape index (κ1) is 8.11. The molecule has 0 aliphatic rings. The summed E-state index contributed by atoms with van der Waals surface area (Å²) in [5.74, 6) is -0.734. The van der Waals surface area contributed by atoms with Gasteiger partial charge in [0.2, 0.25) is 0 Å². The van der Waals surface area contributed by atoms with Crippen molar-refractivity contribution >= 4 is 7.60 Å². The molecular weight excluding hydrogens is 129 g/mol. The van der Waals surface area contributed by atoms with Crippen LogP contribution in [0, 0.1) is 0 Å². The Morgan fingerprint density at radius 2 is 2.00 bits per heavy atom.